The molecular formula is C24H25N5O5S. The van der Waals surface area contributed by atoms with Crippen molar-refractivity contribution in [2.75, 3.05) is 17.3 Å². The number of carbonyl (C=O) groups is 1. The van der Waals surface area contributed by atoms with Crippen LogP contribution in [-0.2, 0) is 4.79 Å². The number of para-hydroxylation sites is 1. The van der Waals surface area contributed by atoms with Gasteiger partial charge < -0.3 is 9.84 Å². The van der Waals surface area contributed by atoms with Crippen LogP contribution in [-0.4, -0.2) is 33.3 Å². The number of unbranched alkanes of at least 4 members (excludes halogenated alkanes) is 1. The Morgan fingerprint density at radius 3 is 2.71 bits per heavy atom. The fraction of sp³-hybridized carbons (Fsp3) is 0.333. The smallest absolute Gasteiger partial charge is 0.296 e. The van der Waals surface area contributed by atoms with Crippen LogP contribution in [0.25, 0.3) is 11.3 Å². The minimum Gasteiger partial charge on any atom is -0.854 e. The van der Waals surface area contributed by atoms with E-state index in [0.717, 1.165) is 18.6 Å². The van der Waals surface area contributed by atoms with Crippen molar-refractivity contribution in [3.05, 3.63) is 58.1 Å². The number of rotatable bonds is 8. The van der Waals surface area contributed by atoms with Gasteiger partial charge in [0, 0.05) is 29.9 Å². The number of amides is 1. The normalized spacial score (nSPS) is 14.3. The maximum atomic E-state index is 13.3. The molecule has 2 aromatic carbocycles. The van der Waals surface area contributed by atoms with E-state index in [9.17, 15) is 20.0 Å². The summed E-state index contributed by atoms with van der Waals surface area (Å²) in [6.45, 7) is 5.58. The van der Waals surface area contributed by atoms with Crippen LogP contribution in [0.2, 0.25) is 0 Å². The molecule has 1 unspecified atom stereocenters. The Labute approximate surface area is 206 Å². The molecule has 1 aliphatic heterocycles. The molecule has 0 N–H and O–H groups in total. The van der Waals surface area contributed by atoms with Gasteiger partial charge in [-0.15, -0.1) is 0 Å². The summed E-state index contributed by atoms with van der Waals surface area (Å²) in [5, 5.41) is 29.9. The summed E-state index contributed by atoms with van der Waals surface area (Å²) in [6.07, 6.45) is 0.921. The summed E-state index contributed by atoms with van der Waals surface area (Å²) < 4.78 is 7.25. The quantitative estimate of drug-likeness (QED) is 0.153. The molecule has 1 amide bonds. The van der Waals surface area contributed by atoms with Crippen LogP contribution in [0.1, 0.15) is 45.3 Å². The van der Waals surface area contributed by atoms with Gasteiger partial charge in [-0.05, 0) is 31.5 Å². The Balaban J connectivity index is 2.03. The van der Waals surface area contributed by atoms with Crippen LogP contribution in [0.3, 0.4) is 0 Å². The van der Waals surface area contributed by atoms with E-state index in [-0.39, 0.29) is 22.4 Å². The Kier molecular flexibility index (Phi) is 7.15. The van der Waals surface area contributed by atoms with E-state index in [0.29, 0.717) is 29.2 Å². The molecule has 0 saturated carbocycles. The third-order valence-corrected chi connectivity index (χ3v) is 6.49. The summed E-state index contributed by atoms with van der Waals surface area (Å²) in [5.41, 5.74) is 1.39. The SMILES string of the molecule is CCCCSc1nc([O-])c2[n+](n1)C(c1cc([N+](=O)[O-])ccc1OCC)N(C(C)=O)c1ccccc1-2. The average Bonchev–Trinajstić information content (AvgIpc) is 2.83. The van der Waals surface area contributed by atoms with Gasteiger partial charge in [-0.1, -0.05) is 41.9 Å². The highest BCUT2D eigenvalue weighted by Gasteiger charge is 2.45. The lowest BCUT2D eigenvalue weighted by Gasteiger charge is -2.33. The molecule has 0 saturated heterocycles. The fourth-order valence-electron chi connectivity index (χ4n) is 4.06. The summed E-state index contributed by atoms with van der Waals surface area (Å²) in [4.78, 5) is 29.8. The summed E-state index contributed by atoms with van der Waals surface area (Å²) >= 11 is 1.36. The number of nitrogens with zero attached hydrogens (tertiary/aromatic N) is 5. The van der Waals surface area contributed by atoms with Crippen LogP contribution < -0.4 is 19.4 Å². The van der Waals surface area contributed by atoms with Gasteiger partial charge in [-0.3, -0.25) is 14.9 Å². The minimum absolute atomic E-state index is 0.165. The number of benzene rings is 2. The molecular weight excluding hydrogens is 470 g/mol. The van der Waals surface area contributed by atoms with E-state index in [4.69, 9.17) is 4.74 Å². The second kappa shape index (κ2) is 10.3. The first-order valence-corrected chi connectivity index (χ1v) is 12.3. The number of non-ortho nitro benzene ring substituents is 1. The number of carbonyl (C=O) groups excluding carboxylic acids is 1. The van der Waals surface area contributed by atoms with Crippen LogP contribution in [0.4, 0.5) is 11.4 Å². The van der Waals surface area contributed by atoms with Gasteiger partial charge in [0.25, 0.3) is 22.7 Å². The van der Waals surface area contributed by atoms with Crippen LogP contribution in [0.15, 0.2) is 47.6 Å². The zero-order valence-corrected chi connectivity index (χ0v) is 20.4. The highest BCUT2D eigenvalue weighted by Crippen LogP contribution is 2.43. The van der Waals surface area contributed by atoms with E-state index in [1.807, 2.05) is 0 Å². The molecule has 1 atom stereocenters. The first-order chi connectivity index (χ1) is 16.9. The lowest BCUT2D eigenvalue weighted by molar-refractivity contribution is -0.764. The van der Waals surface area contributed by atoms with Crippen LogP contribution in [0.5, 0.6) is 11.6 Å². The maximum Gasteiger partial charge on any atom is 0.296 e. The van der Waals surface area contributed by atoms with E-state index in [2.05, 4.69) is 17.0 Å². The second-order valence-corrected chi connectivity index (χ2v) is 8.95. The molecule has 182 valence electrons. The summed E-state index contributed by atoms with van der Waals surface area (Å²) in [7, 11) is 0. The molecule has 3 aromatic rings. The summed E-state index contributed by atoms with van der Waals surface area (Å²) in [6, 6.07) is 11.2. The topological polar surface area (TPSA) is 125 Å². The lowest BCUT2D eigenvalue weighted by Crippen LogP contribution is -2.58. The predicted octanol–water partition coefficient (Wildman–Crippen LogP) is 3.62. The van der Waals surface area contributed by atoms with E-state index in [1.54, 1.807) is 31.2 Å². The molecule has 0 radical (unpaired) electrons. The largest absolute Gasteiger partial charge is 0.854 e. The molecule has 0 fully saturated rings. The van der Waals surface area contributed by atoms with E-state index in [1.165, 1.54) is 46.5 Å². The van der Waals surface area contributed by atoms with Crippen LogP contribution in [0, 0.1) is 10.1 Å². The van der Waals surface area contributed by atoms with Crippen molar-refractivity contribution in [1.29, 1.82) is 0 Å². The van der Waals surface area contributed by atoms with E-state index >= 15 is 0 Å². The number of nitro benzene ring substituents is 1. The molecule has 0 spiro atoms. The number of nitro groups is 1. The molecule has 1 aromatic heterocycles. The van der Waals surface area contributed by atoms with Gasteiger partial charge in [0.15, 0.2) is 0 Å². The number of ether oxygens (including phenoxy) is 1. The standard InChI is InChI=1S/C24H25N5O5S/c1-4-6-13-35-24-25-22(31)21-17-9-7-8-10-19(17)27(15(3)30)23(28(21)26-24)18-14-16(29(32)33)11-12-20(18)34-5-2/h7-12,14,23H,4-6,13H2,1-3H3. The first-order valence-electron chi connectivity index (χ1n) is 11.3. The molecule has 0 bridgehead atoms. The number of anilines is 1. The van der Waals surface area contributed by atoms with Gasteiger partial charge in [0.2, 0.25) is 5.91 Å². The Hall–Kier alpha value is -3.73. The van der Waals surface area contributed by atoms with Crippen molar-refractivity contribution in [3.8, 4) is 22.9 Å². The monoisotopic (exact) mass is 495 g/mol. The number of hydrogen-bond acceptors (Lipinski definition) is 8. The number of aromatic nitrogens is 3. The van der Waals surface area contributed by atoms with Crippen molar-refractivity contribution < 1.29 is 24.2 Å². The first kappa shape index (κ1) is 24.4. The highest BCUT2D eigenvalue weighted by atomic mass is 32.2. The van der Waals surface area contributed by atoms with Crippen molar-refractivity contribution >= 4 is 29.0 Å². The van der Waals surface area contributed by atoms with Gasteiger partial charge in [-0.25, -0.2) is 9.88 Å². The molecule has 10 nitrogen and oxygen atoms in total. The molecule has 4 rings (SSSR count). The van der Waals surface area contributed by atoms with E-state index < -0.39 is 17.0 Å². The summed E-state index contributed by atoms with van der Waals surface area (Å²) in [5.74, 6) is 0.288. The van der Waals surface area contributed by atoms with Crippen molar-refractivity contribution in [3.63, 3.8) is 0 Å². The number of hydrogen-bond donors (Lipinski definition) is 0. The maximum absolute atomic E-state index is 13.3. The number of fused-ring (bicyclic) bond motifs is 3. The molecule has 0 aliphatic carbocycles. The number of thioether (sulfide) groups is 1. The molecule has 1 aliphatic rings. The lowest BCUT2D eigenvalue weighted by atomic mass is 10.0. The minimum atomic E-state index is -0.986. The second-order valence-electron chi connectivity index (χ2n) is 7.89. The van der Waals surface area contributed by atoms with Gasteiger partial charge in [0.1, 0.15) is 5.75 Å². The van der Waals surface area contributed by atoms with Gasteiger partial charge in [0.05, 0.1) is 34.2 Å². The Morgan fingerprint density at radius 2 is 2.03 bits per heavy atom. The van der Waals surface area contributed by atoms with Gasteiger partial charge >= 0.3 is 0 Å². The van der Waals surface area contributed by atoms with Crippen LogP contribution >= 0.6 is 11.8 Å². The average molecular weight is 496 g/mol. The predicted molar refractivity (Wildman–Crippen MR) is 128 cm³/mol. The molecule has 35 heavy (non-hydrogen) atoms. The van der Waals surface area contributed by atoms with Gasteiger partial charge in [-0.2, -0.15) is 0 Å². The van der Waals surface area contributed by atoms with Crippen molar-refractivity contribution in [2.24, 2.45) is 0 Å². The fourth-order valence-corrected chi connectivity index (χ4v) is 4.97. The zero-order valence-electron chi connectivity index (χ0n) is 19.6. The Bertz CT molecular complexity index is 1290. The van der Waals surface area contributed by atoms with Crippen molar-refractivity contribution in [2.45, 2.75) is 44.9 Å². The third-order valence-electron chi connectivity index (χ3n) is 5.57. The van der Waals surface area contributed by atoms with Crippen molar-refractivity contribution in [1.82, 2.24) is 10.1 Å². The zero-order chi connectivity index (χ0) is 25.1. The highest BCUT2D eigenvalue weighted by molar-refractivity contribution is 7.99. The third kappa shape index (κ3) is 4.63. The molecule has 11 heteroatoms. The Morgan fingerprint density at radius 1 is 1.26 bits per heavy atom. The molecule has 2 heterocycles.